The molecule has 0 bridgehead atoms. The van der Waals surface area contributed by atoms with E-state index < -0.39 is 0 Å². The van der Waals surface area contributed by atoms with Crippen LogP contribution in [-0.4, -0.2) is 40.8 Å². The molecule has 6 nitrogen and oxygen atoms in total. The number of nitrogens with one attached hydrogen (secondary N) is 2. The van der Waals surface area contributed by atoms with Crippen LogP contribution in [0.25, 0.3) is 22.3 Å². The van der Waals surface area contributed by atoms with Crippen molar-refractivity contribution in [2.24, 2.45) is 0 Å². The first-order valence-corrected chi connectivity index (χ1v) is 10.1. The first-order chi connectivity index (χ1) is 12.9. The quantitative estimate of drug-likeness (QED) is 0.510. The number of hydrogen-bond acceptors (Lipinski definition) is 5. The Morgan fingerprint density at radius 2 is 1.93 bits per heavy atom. The van der Waals surface area contributed by atoms with Crippen molar-refractivity contribution in [3.05, 3.63) is 33.6 Å². The van der Waals surface area contributed by atoms with Gasteiger partial charge in [-0.2, -0.15) is 5.10 Å². The second-order valence-corrected chi connectivity index (χ2v) is 8.48. The third-order valence-corrected chi connectivity index (χ3v) is 5.47. The van der Waals surface area contributed by atoms with Gasteiger partial charge < -0.3 is 10.6 Å². The molecule has 9 heteroatoms. The summed E-state index contributed by atoms with van der Waals surface area (Å²) in [4.78, 5) is 20.2. The number of pyridine rings is 1. The predicted octanol–water partition coefficient (Wildman–Crippen LogP) is 4.54. The van der Waals surface area contributed by atoms with E-state index >= 15 is 0 Å². The number of carbonyl (C=O) groups is 1. The zero-order valence-corrected chi connectivity index (χ0v) is 19.9. The molecule has 0 fully saturated rings. The van der Waals surface area contributed by atoms with Crippen LogP contribution in [0.3, 0.4) is 0 Å². The number of halogens is 2. The predicted molar refractivity (Wildman–Crippen MR) is 126 cm³/mol. The van der Waals surface area contributed by atoms with Crippen molar-refractivity contribution in [3.63, 3.8) is 0 Å². The second-order valence-electron chi connectivity index (χ2n) is 7.02. The maximum Gasteiger partial charge on any atom is 0.252 e. The fraction of sp³-hybridized carbons (Fsp3) is 0.450. The van der Waals surface area contributed by atoms with Crippen molar-refractivity contribution in [3.8, 4) is 11.3 Å². The fourth-order valence-electron chi connectivity index (χ4n) is 3.17. The summed E-state index contributed by atoms with van der Waals surface area (Å²) in [5.74, 6) is -0.0762. The average Bonchev–Trinajstić information content (AvgIpc) is 3.20. The van der Waals surface area contributed by atoms with Crippen molar-refractivity contribution < 1.29 is 4.79 Å². The van der Waals surface area contributed by atoms with Crippen LogP contribution in [0.5, 0.6) is 0 Å². The van der Waals surface area contributed by atoms with E-state index in [0.717, 1.165) is 35.3 Å². The monoisotopic (exact) mass is 457 g/mol. The topological polar surface area (TPSA) is 71.8 Å². The standard InChI is InChI=1S/C20H27N5OS.2ClH/c1-12(2)25-19-17(11-23-25)16(20(26)22-8-6-7-21-5)10-18(24-19)15-9-13(3)27-14(15)4;;/h9-12,21H,6-8H2,1-5H3,(H,22,26);2*1H. The van der Waals surface area contributed by atoms with Gasteiger partial charge in [-0.1, -0.05) is 0 Å². The Kier molecular flexibility index (Phi) is 9.55. The molecule has 160 valence electrons. The maximum atomic E-state index is 12.9. The van der Waals surface area contributed by atoms with Crippen LogP contribution in [0.1, 0.15) is 46.4 Å². The van der Waals surface area contributed by atoms with Gasteiger partial charge in [0.05, 0.1) is 22.8 Å². The number of thiophene rings is 1. The molecule has 3 rings (SSSR count). The lowest BCUT2D eigenvalue weighted by molar-refractivity contribution is 0.0955. The van der Waals surface area contributed by atoms with E-state index in [1.54, 1.807) is 17.5 Å². The molecule has 0 saturated carbocycles. The third-order valence-electron chi connectivity index (χ3n) is 4.51. The van der Waals surface area contributed by atoms with Crippen molar-refractivity contribution in [1.29, 1.82) is 0 Å². The van der Waals surface area contributed by atoms with E-state index in [1.807, 2.05) is 17.8 Å². The molecule has 0 saturated heterocycles. The molecule has 1 amide bonds. The molecule has 3 aromatic rings. The summed E-state index contributed by atoms with van der Waals surface area (Å²) < 4.78 is 1.88. The minimum Gasteiger partial charge on any atom is -0.352 e. The second kappa shape index (κ2) is 10.9. The first-order valence-electron chi connectivity index (χ1n) is 9.30. The largest absolute Gasteiger partial charge is 0.352 e. The number of nitrogens with zero attached hydrogens (tertiary/aromatic N) is 3. The third kappa shape index (κ3) is 5.48. The van der Waals surface area contributed by atoms with E-state index in [4.69, 9.17) is 4.98 Å². The van der Waals surface area contributed by atoms with Crippen molar-refractivity contribution in [1.82, 2.24) is 25.4 Å². The molecular weight excluding hydrogens is 429 g/mol. The van der Waals surface area contributed by atoms with Crippen LogP contribution in [-0.2, 0) is 0 Å². The summed E-state index contributed by atoms with van der Waals surface area (Å²) >= 11 is 1.75. The fourth-order valence-corrected chi connectivity index (χ4v) is 4.10. The number of rotatable bonds is 7. The number of fused-ring (bicyclic) bond motifs is 1. The summed E-state index contributed by atoms with van der Waals surface area (Å²) in [6.45, 7) is 9.82. The molecular formula is C20H29Cl2N5OS. The van der Waals surface area contributed by atoms with E-state index in [-0.39, 0.29) is 36.8 Å². The summed E-state index contributed by atoms with van der Waals surface area (Å²) in [7, 11) is 1.91. The van der Waals surface area contributed by atoms with Gasteiger partial charge in [-0.15, -0.1) is 36.2 Å². The Labute approximate surface area is 188 Å². The number of hydrogen-bond donors (Lipinski definition) is 2. The van der Waals surface area contributed by atoms with Gasteiger partial charge in [0.2, 0.25) is 0 Å². The molecule has 0 spiro atoms. The average molecular weight is 458 g/mol. The lowest BCUT2D eigenvalue weighted by Crippen LogP contribution is -2.26. The van der Waals surface area contributed by atoms with Gasteiger partial charge in [0, 0.05) is 27.9 Å². The number of amides is 1. The Morgan fingerprint density at radius 3 is 2.52 bits per heavy atom. The smallest absolute Gasteiger partial charge is 0.252 e. The summed E-state index contributed by atoms with van der Waals surface area (Å²) in [6, 6.07) is 4.21. The molecule has 3 aromatic heterocycles. The zero-order valence-electron chi connectivity index (χ0n) is 17.4. The van der Waals surface area contributed by atoms with Crippen LogP contribution >= 0.6 is 36.2 Å². The molecule has 2 N–H and O–H groups in total. The Balaban J connectivity index is 0.00000210. The molecule has 29 heavy (non-hydrogen) atoms. The Bertz CT molecular complexity index is 967. The van der Waals surface area contributed by atoms with Gasteiger partial charge in [0.15, 0.2) is 5.65 Å². The highest BCUT2D eigenvalue weighted by molar-refractivity contribution is 7.12. The zero-order chi connectivity index (χ0) is 19.6. The van der Waals surface area contributed by atoms with Crippen LogP contribution in [0.15, 0.2) is 18.3 Å². The highest BCUT2D eigenvalue weighted by Crippen LogP contribution is 2.32. The molecule has 0 unspecified atom stereocenters. The van der Waals surface area contributed by atoms with Gasteiger partial charge in [0.1, 0.15) is 0 Å². The summed E-state index contributed by atoms with van der Waals surface area (Å²) in [5, 5.41) is 11.4. The van der Waals surface area contributed by atoms with E-state index in [9.17, 15) is 4.79 Å². The highest BCUT2D eigenvalue weighted by atomic mass is 35.5. The van der Waals surface area contributed by atoms with Crippen LogP contribution < -0.4 is 10.6 Å². The normalized spacial score (nSPS) is 10.7. The van der Waals surface area contributed by atoms with Crippen molar-refractivity contribution in [2.75, 3.05) is 20.1 Å². The SMILES string of the molecule is CNCCCNC(=O)c1cc(-c2cc(C)sc2C)nc2c1cnn2C(C)C.Cl.Cl. The minimum absolute atomic E-state index is 0. The van der Waals surface area contributed by atoms with Gasteiger partial charge in [-0.3, -0.25) is 4.79 Å². The van der Waals surface area contributed by atoms with Crippen molar-refractivity contribution in [2.45, 2.75) is 40.2 Å². The molecule has 0 radical (unpaired) electrons. The maximum absolute atomic E-state index is 12.9. The Morgan fingerprint density at radius 1 is 1.21 bits per heavy atom. The van der Waals surface area contributed by atoms with E-state index in [0.29, 0.717) is 12.1 Å². The molecule has 0 atom stereocenters. The van der Waals surface area contributed by atoms with Crippen molar-refractivity contribution >= 4 is 53.1 Å². The molecule has 3 heterocycles. The molecule has 0 aromatic carbocycles. The summed E-state index contributed by atoms with van der Waals surface area (Å²) in [5.41, 5.74) is 3.30. The number of aromatic nitrogens is 3. The van der Waals surface area contributed by atoms with Gasteiger partial charge in [-0.05, 0) is 59.8 Å². The van der Waals surface area contributed by atoms with Gasteiger partial charge in [-0.25, -0.2) is 9.67 Å². The lowest BCUT2D eigenvalue weighted by atomic mass is 10.1. The minimum atomic E-state index is -0.0762. The first kappa shape index (κ1) is 25.4. The Hall–Kier alpha value is -1.67. The molecule has 0 aliphatic rings. The lowest BCUT2D eigenvalue weighted by Gasteiger charge is -2.11. The van der Waals surface area contributed by atoms with Crippen LogP contribution in [0, 0.1) is 13.8 Å². The molecule has 0 aliphatic carbocycles. The van der Waals surface area contributed by atoms with E-state index in [2.05, 4.69) is 49.5 Å². The summed E-state index contributed by atoms with van der Waals surface area (Å²) in [6.07, 6.45) is 2.64. The number of carbonyl (C=O) groups excluding carboxylic acids is 1. The van der Waals surface area contributed by atoms with Gasteiger partial charge in [0.25, 0.3) is 5.91 Å². The number of aryl methyl sites for hydroxylation is 2. The van der Waals surface area contributed by atoms with Crippen LogP contribution in [0.2, 0.25) is 0 Å². The molecule has 0 aliphatic heterocycles. The van der Waals surface area contributed by atoms with E-state index in [1.165, 1.54) is 9.75 Å². The van der Waals surface area contributed by atoms with Gasteiger partial charge >= 0.3 is 0 Å². The highest BCUT2D eigenvalue weighted by Gasteiger charge is 2.19. The van der Waals surface area contributed by atoms with Crippen LogP contribution in [0.4, 0.5) is 0 Å².